The van der Waals surface area contributed by atoms with E-state index in [9.17, 15) is 0 Å². The lowest BCUT2D eigenvalue weighted by molar-refractivity contribution is 0.696. The Kier molecular flexibility index (Phi) is 4.13. The number of aryl methyl sites for hydroxylation is 1. The lowest BCUT2D eigenvalue weighted by atomic mass is 9.92. The molecule has 0 saturated carbocycles. The minimum absolute atomic E-state index is 0.338. The van der Waals surface area contributed by atoms with Crippen molar-refractivity contribution >= 4 is 26.8 Å². The first-order chi connectivity index (χ1) is 10.2. The minimum atomic E-state index is 0.338. The Bertz CT molecular complexity index is 761. The van der Waals surface area contributed by atoms with Crippen molar-refractivity contribution in [3.8, 4) is 0 Å². The molecule has 21 heavy (non-hydrogen) atoms. The normalized spacial score (nSPS) is 12.7. The van der Waals surface area contributed by atoms with Gasteiger partial charge in [0.25, 0.3) is 0 Å². The maximum absolute atomic E-state index is 6.07. The van der Waals surface area contributed by atoms with Crippen LogP contribution in [0.25, 0.3) is 10.9 Å². The highest BCUT2D eigenvalue weighted by molar-refractivity contribution is 9.10. The summed E-state index contributed by atoms with van der Waals surface area (Å²) in [4.78, 5) is 0. The minimum Gasteiger partial charge on any atom is -0.350 e. The molecule has 0 radical (unpaired) electrons. The molecular formula is C18H19BrN2. The van der Waals surface area contributed by atoms with Crippen LogP contribution >= 0.6 is 15.9 Å². The van der Waals surface area contributed by atoms with Gasteiger partial charge in [0.2, 0.25) is 0 Å². The van der Waals surface area contributed by atoms with Crippen LogP contribution in [0.4, 0.5) is 0 Å². The summed E-state index contributed by atoms with van der Waals surface area (Å²) in [6.07, 6.45) is 3.18. The van der Waals surface area contributed by atoms with Gasteiger partial charge in [-0.25, -0.2) is 0 Å². The summed E-state index contributed by atoms with van der Waals surface area (Å²) < 4.78 is 3.31. The summed E-state index contributed by atoms with van der Waals surface area (Å²) >= 11 is 3.54. The molecule has 3 rings (SSSR count). The van der Waals surface area contributed by atoms with Gasteiger partial charge in [-0.1, -0.05) is 46.3 Å². The van der Waals surface area contributed by atoms with Crippen LogP contribution in [-0.2, 0) is 13.5 Å². The molecule has 0 bridgehead atoms. The van der Waals surface area contributed by atoms with Crippen molar-refractivity contribution in [2.24, 2.45) is 12.8 Å². The van der Waals surface area contributed by atoms with Crippen LogP contribution in [0.2, 0.25) is 0 Å². The van der Waals surface area contributed by atoms with Gasteiger partial charge in [-0.15, -0.1) is 0 Å². The maximum atomic E-state index is 6.07. The third-order valence-corrected chi connectivity index (χ3v) is 4.52. The molecule has 0 spiro atoms. The van der Waals surface area contributed by atoms with E-state index in [2.05, 4.69) is 82.3 Å². The Balaban J connectivity index is 1.99. The average Bonchev–Trinajstić information content (AvgIpc) is 2.83. The van der Waals surface area contributed by atoms with Crippen LogP contribution in [0, 0.1) is 0 Å². The summed E-state index contributed by atoms with van der Waals surface area (Å²) in [7, 11) is 2.10. The summed E-state index contributed by atoms with van der Waals surface area (Å²) in [5.41, 5.74) is 9.99. The van der Waals surface area contributed by atoms with E-state index in [1.165, 1.54) is 22.0 Å². The van der Waals surface area contributed by atoms with Gasteiger partial charge in [-0.2, -0.15) is 0 Å². The Hall–Kier alpha value is -1.58. The topological polar surface area (TPSA) is 30.9 Å². The number of rotatable bonds is 4. The van der Waals surface area contributed by atoms with Crippen LogP contribution in [-0.4, -0.2) is 11.1 Å². The molecule has 0 fully saturated rings. The molecule has 0 aliphatic heterocycles. The number of nitrogens with two attached hydrogens (primary N) is 1. The Morgan fingerprint density at radius 1 is 1.14 bits per heavy atom. The van der Waals surface area contributed by atoms with E-state index in [1.807, 2.05) is 0 Å². The smallest absolute Gasteiger partial charge is 0.0480 e. The van der Waals surface area contributed by atoms with E-state index in [-0.39, 0.29) is 0 Å². The fourth-order valence-electron chi connectivity index (χ4n) is 2.97. The Morgan fingerprint density at radius 2 is 1.95 bits per heavy atom. The van der Waals surface area contributed by atoms with Gasteiger partial charge in [0.15, 0.2) is 0 Å². The Labute approximate surface area is 133 Å². The molecule has 1 atom stereocenters. The maximum Gasteiger partial charge on any atom is 0.0480 e. The summed E-state index contributed by atoms with van der Waals surface area (Å²) in [6, 6.07) is 17.0. The van der Waals surface area contributed by atoms with Crippen molar-refractivity contribution in [2.45, 2.75) is 12.3 Å². The number of hydrogen-bond acceptors (Lipinski definition) is 1. The fourth-order valence-corrected chi connectivity index (χ4v) is 3.41. The van der Waals surface area contributed by atoms with Gasteiger partial charge in [-0.3, -0.25) is 0 Å². The highest BCUT2D eigenvalue weighted by Gasteiger charge is 2.16. The zero-order valence-electron chi connectivity index (χ0n) is 12.1. The molecule has 2 aromatic carbocycles. The molecule has 1 heterocycles. The summed E-state index contributed by atoms with van der Waals surface area (Å²) in [5.74, 6) is 0.338. The first-order valence-electron chi connectivity index (χ1n) is 7.17. The summed E-state index contributed by atoms with van der Waals surface area (Å²) in [5, 5.41) is 1.31. The van der Waals surface area contributed by atoms with Crippen molar-refractivity contribution in [1.82, 2.24) is 4.57 Å². The molecule has 3 aromatic rings. The van der Waals surface area contributed by atoms with Gasteiger partial charge in [-0.05, 0) is 42.3 Å². The molecule has 108 valence electrons. The van der Waals surface area contributed by atoms with E-state index in [4.69, 9.17) is 5.73 Å². The number of halogens is 1. The van der Waals surface area contributed by atoms with E-state index >= 15 is 0 Å². The second kappa shape index (κ2) is 6.04. The molecule has 2 N–H and O–H groups in total. The fraction of sp³-hybridized carbons (Fsp3) is 0.222. The van der Waals surface area contributed by atoms with Gasteiger partial charge < -0.3 is 10.3 Å². The molecule has 0 aliphatic rings. The van der Waals surface area contributed by atoms with E-state index in [1.54, 1.807) is 0 Å². The Morgan fingerprint density at radius 3 is 2.71 bits per heavy atom. The highest BCUT2D eigenvalue weighted by Crippen LogP contribution is 2.29. The first-order valence-corrected chi connectivity index (χ1v) is 7.97. The van der Waals surface area contributed by atoms with Crippen molar-refractivity contribution in [1.29, 1.82) is 0 Å². The average molecular weight is 343 g/mol. The molecule has 1 unspecified atom stereocenters. The van der Waals surface area contributed by atoms with Crippen LogP contribution in [0.5, 0.6) is 0 Å². The second-order valence-electron chi connectivity index (χ2n) is 5.48. The van der Waals surface area contributed by atoms with E-state index in [0.29, 0.717) is 12.5 Å². The van der Waals surface area contributed by atoms with Crippen molar-refractivity contribution in [3.05, 3.63) is 70.3 Å². The predicted molar refractivity (Wildman–Crippen MR) is 92.6 cm³/mol. The highest BCUT2D eigenvalue weighted by atomic mass is 79.9. The molecule has 1 aromatic heterocycles. The second-order valence-corrected chi connectivity index (χ2v) is 6.39. The lowest BCUT2D eigenvalue weighted by Crippen LogP contribution is -2.14. The first kappa shape index (κ1) is 14.4. The molecule has 2 nitrogen and oxygen atoms in total. The standard InChI is InChI=1S/C18H19BrN2/c1-21-12-17(16-7-2-3-8-18(16)21)14(11-20)9-13-5-4-6-15(19)10-13/h2-8,10,12,14H,9,11,20H2,1H3. The molecule has 3 heteroatoms. The van der Waals surface area contributed by atoms with Crippen molar-refractivity contribution in [3.63, 3.8) is 0 Å². The van der Waals surface area contributed by atoms with E-state index in [0.717, 1.165) is 10.9 Å². The third-order valence-electron chi connectivity index (χ3n) is 4.02. The van der Waals surface area contributed by atoms with Crippen molar-refractivity contribution < 1.29 is 0 Å². The van der Waals surface area contributed by atoms with Crippen molar-refractivity contribution in [2.75, 3.05) is 6.54 Å². The number of fused-ring (bicyclic) bond motifs is 1. The van der Waals surface area contributed by atoms with Crippen LogP contribution in [0.1, 0.15) is 17.0 Å². The molecule has 0 amide bonds. The number of hydrogen-bond donors (Lipinski definition) is 1. The summed E-state index contributed by atoms with van der Waals surface area (Å²) in [6.45, 7) is 0.653. The number of para-hydroxylation sites is 1. The quantitative estimate of drug-likeness (QED) is 0.755. The number of aromatic nitrogens is 1. The van der Waals surface area contributed by atoms with Gasteiger partial charge in [0.05, 0.1) is 0 Å². The predicted octanol–water partition coefficient (Wildman–Crippen LogP) is 4.23. The largest absolute Gasteiger partial charge is 0.350 e. The SMILES string of the molecule is Cn1cc(C(CN)Cc2cccc(Br)c2)c2ccccc21. The molecule has 0 aliphatic carbocycles. The van der Waals surface area contributed by atoms with Gasteiger partial charge in [0.1, 0.15) is 0 Å². The third kappa shape index (κ3) is 2.89. The van der Waals surface area contributed by atoms with E-state index < -0.39 is 0 Å². The monoisotopic (exact) mass is 342 g/mol. The lowest BCUT2D eigenvalue weighted by Gasteiger charge is -2.14. The van der Waals surface area contributed by atoms with Gasteiger partial charge >= 0.3 is 0 Å². The molecule has 0 saturated heterocycles. The van der Waals surface area contributed by atoms with Crippen LogP contribution in [0.3, 0.4) is 0 Å². The number of nitrogens with zero attached hydrogens (tertiary/aromatic N) is 1. The zero-order chi connectivity index (χ0) is 14.8. The van der Waals surface area contributed by atoms with Crippen LogP contribution < -0.4 is 5.73 Å². The number of benzene rings is 2. The van der Waals surface area contributed by atoms with Gasteiger partial charge in [0, 0.05) is 34.5 Å². The zero-order valence-corrected chi connectivity index (χ0v) is 13.7. The van der Waals surface area contributed by atoms with Crippen LogP contribution in [0.15, 0.2) is 59.2 Å². The molecular weight excluding hydrogens is 324 g/mol.